The third kappa shape index (κ3) is 4.01. The van der Waals surface area contributed by atoms with Gasteiger partial charge in [0.2, 0.25) is 0 Å². The van der Waals surface area contributed by atoms with Gasteiger partial charge in [0.15, 0.2) is 0 Å². The number of halogens is 1. The van der Waals surface area contributed by atoms with Crippen LogP contribution in [0.4, 0.5) is 0 Å². The Morgan fingerprint density at radius 3 is 2.81 bits per heavy atom. The van der Waals surface area contributed by atoms with Gasteiger partial charge in [0, 0.05) is 24.4 Å². The number of carbonyl (C=O) groups excluding carboxylic acids is 1. The Morgan fingerprint density at radius 2 is 2.19 bits per heavy atom. The average Bonchev–Trinajstić information content (AvgIpc) is 2.91. The van der Waals surface area contributed by atoms with E-state index in [0.717, 1.165) is 0 Å². The summed E-state index contributed by atoms with van der Waals surface area (Å²) in [5, 5.41) is 7.22. The lowest BCUT2D eigenvalue weighted by molar-refractivity contribution is 0.0930. The minimum atomic E-state index is -0.302. The van der Waals surface area contributed by atoms with Crippen LogP contribution >= 0.6 is 11.6 Å². The molecule has 0 aliphatic carbocycles. The van der Waals surface area contributed by atoms with Crippen LogP contribution in [-0.2, 0) is 6.54 Å². The van der Waals surface area contributed by atoms with Crippen LogP contribution in [0.1, 0.15) is 43.0 Å². The van der Waals surface area contributed by atoms with Crippen molar-refractivity contribution in [2.24, 2.45) is 0 Å². The number of amides is 1. The lowest BCUT2D eigenvalue weighted by Gasteiger charge is -2.14. The molecule has 1 atom stereocenters. The monoisotopic (exact) mass is 307 g/mol. The molecular weight excluding hydrogens is 290 g/mol. The fraction of sp³-hybridized carbons (Fsp3) is 0.429. The van der Waals surface area contributed by atoms with E-state index < -0.39 is 0 Å². The molecule has 0 radical (unpaired) electrons. The average molecular weight is 308 g/mol. The van der Waals surface area contributed by atoms with Crippen LogP contribution < -0.4 is 5.32 Å². The minimum Gasteiger partial charge on any atom is -0.346 e. The van der Waals surface area contributed by atoms with Gasteiger partial charge in [-0.25, -0.2) is 9.97 Å². The van der Waals surface area contributed by atoms with Crippen molar-refractivity contribution in [3.63, 3.8) is 0 Å². The fourth-order valence-electron chi connectivity index (χ4n) is 1.85. The number of aromatic nitrogens is 4. The summed E-state index contributed by atoms with van der Waals surface area (Å²) in [6.07, 6.45) is 5.01. The van der Waals surface area contributed by atoms with Gasteiger partial charge in [-0.15, -0.1) is 0 Å². The first kappa shape index (κ1) is 15.4. The zero-order valence-electron chi connectivity index (χ0n) is 12.2. The molecule has 1 amide bonds. The van der Waals surface area contributed by atoms with Crippen LogP contribution in [0.25, 0.3) is 0 Å². The molecule has 0 fully saturated rings. The van der Waals surface area contributed by atoms with E-state index in [1.165, 1.54) is 6.20 Å². The molecule has 21 heavy (non-hydrogen) atoms. The topological polar surface area (TPSA) is 72.7 Å². The lowest BCUT2D eigenvalue weighted by atomic mass is 10.2. The molecule has 2 heterocycles. The van der Waals surface area contributed by atoms with E-state index in [-0.39, 0.29) is 28.6 Å². The molecule has 1 unspecified atom stereocenters. The van der Waals surface area contributed by atoms with Gasteiger partial charge >= 0.3 is 0 Å². The quantitative estimate of drug-likeness (QED) is 0.919. The maximum Gasteiger partial charge on any atom is 0.271 e. The van der Waals surface area contributed by atoms with E-state index in [1.807, 2.05) is 33.0 Å². The van der Waals surface area contributed by atoms with Gasteiger partial charge in [-0.3, -0.25) is 9.48 Å². The zero-order valence-corrected chi connectivity index (χ0v) is 13.0. The normalized spacial score (nSPS) is 12.4. The van der Waals surface area contributed by atoms with E-state index in [2.05, 4.69) is 20.4 Å². The molecule has 0 bridgehead atoms. The molecular formula is C14H18ClN5O. The van der Waals surface area contributed by atoms with Crippen molar-refractivity contribution in [2.45, 2.75) is 39.3 Å². The third-order valence-corrected chi connectivity index (χ3v) is 3.17. The summed E-state index contributed by atoms with van der Waals surface area (Å²) in [6, 6.07) is 1.75. The molecule has 0 aromatic carbocycles. The summed E-state index contributed by atoms with van der Waals surface area (Å²) >= 11 is 6.02. The van der Waals surface area contributed by atoms with E-state index in [0.29, 0.717) is 12.4 Å². The number of hydrogen-bond donors (Lipinski definition) is 1. The summed E-state index contributed by atoms with van der Waals surface area (Å²) in [6.45, 7) is 6.41. The van der Waals surface area contributed by atoms with E-state index in [9.17, 15) is 4.79 Å². The minimum absolute atomic E-state index is 0.0917. The van der Waals surface area contributed by atoms with Gasteiger partial charge in [-0.1, -0.05) is 25.4 Å². The molecule has 0 aliphatic heterocycles. The first-order valence-electron chi connectivity index (χ1n) is 6.78. The van der Waals surface area contributed by atoms with Gasteiger partial charge in [0.25, 0.3) is 5.91 Å². The molecule has 1 N–H and O–H groups in total. The van der Waals surface area contributed by atoms with Crippen LogP contribution in [-0.4, -0.2) is 31.7 Å². The Morgan fingerprint density at radius 1 is 1.43 bits per heavy atom. The van der Waals surface area contributed by atoms with Crippen molar-refractivity contribution < 1.29 is 4.79 Å². The Labute approximate surface area is 128 Å². The summed E-state index contributed by atoms with van der Waals surface area (Å²) in [7, 11) is 0. The predicted molar refractivity (Wildman–Crippen MR) is 80.3 cm³/mol. The standard InChI is InChI=1S/C14H18ClN5O/c1-9(2)13-16-7-11(15)12(19-13)14(21)18-10(3)8-20-6-4-5-17-20/h4-7,9-10H,8H2,1-3H3,(H,18,21). The van der Waals surface area contributed by atoms with Crippen LogP contribution in [0.5, 0.6) is 0 Å². The zero-order chi connectivity index (χ0) is 15.4. The SMILES string of the molecule is CC(Cn1cccn1)NC(=O)c1nc(C(C)C)ncc1Cl. The van der Waals surface area contributed by atoms with Crippen LogP contribution in [0, 0.1) is 0 Å². The Bertz CT molecular complexity index is 612. The van der Waals surface area contributed by atoms with Gasteiger partial charge in [-0.2, -0.15) is 5.10 Å². The molecule has 0 aliphatic rings. The summed E-state index contributed by atoms with van der Waals surface area (Å²) in [5.41, 5.74) is 0.211. The fourth-order valence-corrected chi connectivity index (χ4v) is 2.02. The summed E-state index contributed by atoms with van der Waals surface area (Å²) < 4.78 is 1.76. The molecule has 2 rings (SSSR count). The van der Waals surface area contributed by atoms with Crippen LogP contribution in [0.3, 0.4) is 0 Å². The van der Waals surface area contributed by atoms with Gasteiger partial charge in [0.05, 0.1) is 17.8 Å². The number of nitrogens with one attached hydrogen (secondary N) is 1. The maximum atomic E-state index is 12.3. The highest BCUT2D eigenvalue weighted by Crippen LogP contribution is 2.16. The second-order valence-electron chi connectivity index (χ2n) is 5.18. The smallest absolute Gasteiger partial charge is 0.271 e. The third-order valence-electron chi connectivity index (χ3n) is 2.89. The van der Waals surface area contributed by atoms with Gasteiger partial charge < -0.3 is 5.32 Å². The van der Waals surface area contributed by atoms with Gasteiger partial charge in [-0.05, 0) is 13.0 Å². The highest BCUT2D eigenvalue weighted by atomic mass is 35.5. The van der Waals surface area contributed by atoms with Crippen molar-refractivity contribution in [1.29, 1.82) is 0 Å². The van der Waals surface area contributed by atoms with Crippen molar-refractivity contribution in [3.8, 4) is 0 Å². The molecule has 2 aromatic heterocycles. The lowest BCUT2D eigenvalue weighted by Crippen LogP contribution is -2.36. The number of rotatable bonds is 5. The first-order chi connectivity index (χ1) is 9.97. The number of hydrogen-bond acceptors (Lipinski definition) is 4. The number of carbonyl (C=O) groups is 1. The van der Waals surface area contributed by atoms with E-state index in [1.54, 1.807) is 10.9 Å². The molecule has 0 saturated heterocycles. The van der Waals surface area contributed by atoms with E-state index in [4.69, 9.17) is 11.6 Å². The number of nitrogens with zero attached hydrogens (tertiary/aromatic N) is 4. The first-order valence-corrected chi connectivity index (χ1v) is 7.16. The Balaban J connectivity index is 2.07. The second kappa shape index (κ2) is 6.67. The van der Waals surface area contributed by atoms with Crippen LogP contribution in [0.2, 0.25) is 5.02 Å². The molecule has 0 saturated carbocycles. The molecule has 112 valence electrons. The molecule has 0 spiro atoms. The van der Waals surface area contributed by atoms with Crippen molar-refractivity contribution in [3.05, 3.63) is 41.2 Å². The van der Waals surface area contributed by atoms with Crippen LogP contribution in [0.15, 0.2) is 24.7 Å². The maximum absolute atomic E-state index is 12.3. The highest BCUT2D eigenvalue weighted by molar-refractivity contribution is 6.33. The highest BCUT2D eigenvalue weighted by Gasteiger charge is 2.17. The molecule has 7 heteroatoms. The largest absolute Gasteiger partial charge is 0.346 e. The predicted octanol–water partition coefficient (Wildman–Crippen LogP) is 2.27. The van der Waals surface area contributed by atoms with Crippen molar-refractivity contribution >= 4 is 17.5 Å². The summed E-state index contributed by atoms with van der Waals surface area (Å²) in [4.78, 5) is 20.6. The van der Waals surface area contributed by atoms with Crippen molar-refractivity contribution in [1.82, 2.24) is 25.1 Å². The molecule has 6 nitrogen and oxygen atoms in total. The van der Waals surface area contributed by atoms with E-state index >= 15 is 0 Å². The summed E-state index contributed by atoms with van der Waals surface area (Å²) in [5.74, 6) is 0.434. The molecule has 2 aromatic rings. The van der Waals surface area contributed by atoms with Crippen molar-refractivity contribution in [2.75, 3.05) is 0 Å². The van der Waals surface area contributed by atoms with Gasteiger partial charge in [0.1, 0.15) is 11.5 Å². The Hall–Kier alpha value is -1.95. The Kier molecular flexibility index (Phi) is 4.90. The second-order valence-corrected chi connectivity index (χ2v) is 5.59.